The van der Waals surface area contributed by atoms with Crippen LogP contribution >= 0.6 is 0 Å². The molecule has 1 aliphatic heterocycles. The number of hydrogen-bond donors (Lipinski definition) is 2. The van der Waals surface area contributed by atoms with Crippen molar-refractivity contribution in [3.05, 3.63) is 11.6 Å². The van der Waals surface area contributed by atoms with Crippen LogP contribution in [0.15, 0.2) is 11.6 Å². The number of carboxylic acids is 1. The zero-order chi connectivity index (χ0) is 23.9. The van der Waals surface area contributed by atoms with E-state index in [1.54, 1.807) is 17.9 Å². The van der Waals surface area contributed by atoms with Gasteiger partial charge >= 0.3 is 5.97 Å². The Balaban J connectivity index is 3.13. The highest BCUT2D eigenvalue weighted by Crippen LogP contribution is 2.22. The van der Waals surface area contributed by atoms with Crippen LogP contribution in [0.3, 0.4) is 0 Å². The van der Waals surface area contributed by atoms with E-state index in [0.29, 0.717) is 6.54 Å². The number of likely N-dealkylation sites (tertiary alicyclic amines) is 1. The number of aliphatic carboxylic acids is 1. The fraction of sp³-hybridized carbons (Fsp3) is 0.792. The maximum atomic E-state index is 13.6. The van der Waals surface area contributed by atoms with Crippen LogP contribution in [0.5, 0.6) is 0 Å². The van der Waals surface area contributed by atoms with E-state index in [1.165, 1.54) is 0 Å². The SMILES string of the molecule is CCN(C(=O)[C@@H](NC(=O)[C@H]1CCCCN1C(C)C)C(C)C)C(/C=C(\C)C(=O)O)C(C)C. The summed E-state index contributed by atoms with van der Waals surface area (Å²) in [4.78, 5) is 42.0. The molecule has 0 spiro atoms. The highest BCUT2D eigenvalue weighted by atomic mass is 16.4. The zero-order valence-corrected chi connectivity index (χ0v) is 20.6. The molecule has 7 nitrogen and oxygen atoms in total. The summed E-state index contributed by atoms with van der Waals surface area (Å²) in [6.45, 7) is 16.8. The van der Waals surface area contributed by atoms with E-state index in [9.17, 15) is 19.5 Å². The van der Waals surface area contributed by atoms with Crippen molar-refractivity contribution in [2.45, 2.75) is 98.8 Å². The summed E-state index contributed by atoms with van der Waals surface area (Å²) in [5.41, 5.74) is 0.213. The molecule has 1 rings (SSSR count). The van der Waals surface area contributed by atoms with Crippen LogP contribution in [0.4, 0.5) is 0 Å². The molecule has 2 amide bonds. The topological polar surface area (TPSA) is 90.0 Å². The molecule has 178 valence electrons. The molecule has 31 heavy (non-hydrogen) atoms. The number of rotatable bonds is 10. The summed E-state index contributed by atoms with van der Waals surface area (Å²) in [6.07, 6.45) is 4.55. The van der Waals surface area contributed by atoms with Crippen LogP contribution < -0.4 is 5.32 Å². The molecule has 0 saturated carbocycles. The van der Waals surface area contributed by atoms with Gasteiger partial charge in [-0.15, -0.1) is 0 Å². The van der Waals surface area contributed by atoms with Gasteiger partial charge in [0.05, 0.1) is 12.1 Å². The van der Waals surface area contributed by atoms with Crippen molar-refractivity contribution in [2.75, 3.05) is 13.1 Å². The molecule has 1 unspecified atom stereocenters. The number of carbonyl (C=O) groups is 3. The van der Waals surface area contributed by atoms with E-state index in [2.05, 4.69) is 24.1 Å². The largest absolute Gasteiger partial charge is 0.478 e. The Morgan fingerprint density at radius 3 is 2.16 bits per heavy atom. The van der Waals surface area contributed by atoms with Gasteiger partial charge in [0.2, 0.25) is 11.8 Å². The fourth-order valence-corrected chi connectivity index (χ4v) is 4.28. The third-order valence-electron chi connectivity index (χ3n) is 6.17. The Labute approximate surface area is 188 Å². The first-order chi connectivity index (χ1) is 14.4. The molecule has 0 radical (unpaired) electrons. The standard InChI is InChI=1S/C24H43N3O4/c1-9-26(20(15(2)3)14-18(8)24(30)31)23(29)21(16(4)5)25-22(28)19-12-10-11-13-27(19)17(6)7/h14-17,19-21H,9-13H2,1-8H3,(H,25,28)(H,30,31)/b18-14+/t19-,20?,21+/m1/s1. The van der Waals surface area contributed by atoms with E-state index in [0.717, 1.165) is 25.8 Å². The van der Waals surface area contributed by atoms with E-state index in [-0.39, 0.29) is 47.3 Å². The molecule has 1 fully saturated rings. The Morgan fingerprint density at radius 1 is 1.10 bits per heavy atom. The van der Waals surface area contributed by atoms with Crippen LogP contribution in [0.25, 0.3) is 0 Å². The van der Waals surface area contributed by atoms with Gasteiger partial charge in [0.1, 0.15) is 6.04 Å². The Hall–Kier alpha value is -1.89. The highest BCUT2D eigenvalue weighted by molar-refractivity contribution is 5.90. The average molecular weight is 438 g/mol. The second kappa shape index (κ2) is 12.2. The van der Waals surface area contributed by atoms with E-state index < -0.39 is 12.0 Å². The lowest BCUT2D eigenvalue weighted by Gasteiger charge is -2.39. The van der Waals surface area contributed by atoms with Crippen LogP contribution in [0.2, 0.25) is 0 Å². The number of nitrogens with zero attached hydrogens (tertiary/aromatic N) is 2. The zero-order valence-electron chi connectivity index (χ0n) is 20.6. The number of nitrogens with one attached hydrogen (secondary N) is 1. The highest BCUT2D eigenvalue weighted by Gasteiger charge is 2.36. The molecule has 0 aliphatic carbocycles. The Bertz CT molecular complexity index is 657. The summed E-state index contributed by atoms with van der Waals surface area (Å²) in [7, 11) is 0. The van der Waals surface area contributed by atoms with Crippen LogP contribution in [-0.4, -0.2) is 69.9 Å². The Kier molecular flexibility index (Phi) is 10.7. The minimum atomic E-state index is -0.992. The molecule has 7 heteroatoms. The monoisotopic (exact) mass is 437 g/mol. The predicted molar refractivity (Wildman–Crippen MR) is 124 cm³/mol. The van der Waals surface area contributed by atoms with Gasteiger partial charge in [-0.1, -0.05) is 40.2 Å². The summed E-state index contributed by atoms with van der Waals surface area (Å²) in [6, 6.07) is -0.949. The summed E-state index contributed by atoms with van der Waals surface area (Å²) in [5, 5.41) is 12.3. The summed E-state index contributed by atoms with van der Waals surface area (Å²) < 4.78 is 0. The van der Waals surface area contributed by atoms with Gasteiger partial charge in [-0.2, -0.15) is 0 Å². The van der Waals surface area contributed by atoms with Crippen molar-refractivity contribution < 1.29 is 19.5 Å². The first-order valence-corrected chi connectivity index (χ1v) is 11.7. The van der Waals surface area contributed by atoms with Crippen LogP contribution in [0.1, 0.15) is 74.7 Å². The van der Waals surface area contributed by atoms with E-state index in [1.807, 2.05) is 34.6 Å². The van der Waals surface area contributed by atoms with Crippen molar-refractivity contribution in [1.82, 2.24) is 15.1 Å². The van der Waals surface area contributed by atoms with Crippen LogP contribution in [-0.2, 0) is 14.4 Å². The molecule has 0 aromatic heterocycles. The number of piperidine rings is 1. The van der Waals surface area contributed by atoms with Crippen molar-refractivity contribution in [3.8, 4) is 0 Å². The van der Waals surface area contributed by atoms with E-state index in [4.69, 9.17) is 0 Å². The third kappa shape index (κ3) is 7.34. The lowest BCUT2D eigenvalue weighted by Crippen LogP contribution is -2.59. The second-order valence-corrected chi connectivity index (χ2v) is 9.59. The number of hydrogen-bond acceptors (Lipinski definition) is 4. The van der Waals surface area contributed by atoms with Crippen molar-refractivity contribution in [3.63, 3.8) is 0 Å². The molecule has 1 heterocycles. The third-order valence-corrected chi connectivity index (χ3v) is 6.17. The molecule has 0 bridgehead atoms. The van der Waals surface area contributed by atoms with Crippen LogP contribution in [0, 0.1) is 11.8 Å². The van der Waals surface area contributed by atoms with E-state index >= 15 is 0 Å². The van der Waals surface area contributed by atoms with Gasteiger partial charge in [0.25, 0.3) is 0 Å². The fourth-order valence-electron chi connectivity index (χ4n) is 4.28. The molecule has 2 N–H and O–H groups in total. The molecule has 1 saturated heterocycles. The maximum Gasteiger partial charge on any atom is 0.331 e. The molecular formula is C24H43N3O4. The molecule has 3 atom stereocenters. The van der Waals surface area contributed by atoms with Crippen molar-refractivity contribution >= 4 is 17.8 Å². The quantitative estimate of drug-likeness (QED) is 0.512. The first-order valence-electron chi connectivity index (χ1n) is 11.7. The number of amides is 2. The normalized spacial score (nSPS) is 20.1. The summed E-state index contributed by atoms with van der Waals surface area (Å²) in [5.74, 6) is -1.29. The van der Waals surface area contributed by atoms with Gasteiger partial charge in [-0.05, 0) is 58.9 Å². The number of carboxylic acid groups (broad SMARTS) is 1. The van der Waals surface area contributed by atoms with Gasteiger partial charge in [0, 0.05) is 18.2 Å². The van der Waals surface area contributed by atoms with Crippen molar-refractivity contribution in [2.24, 2.45) is 11.8 Å². The number of likely N-dealkylation sites (N-methyl/N-ethyl adjacent to an activating group) is 1. The van der Waals surface area contributed by atoms with Gasteiger partial charge < -0.3 is 15.3 Å². The Morgan fingerprint density at radius 2 is 1.71 bits per heavy atom. The van der Waals surface area contributed by atoms with Gasteiger partial charge in [0.15, 0.2) is 0 Å². The number of carbonyl (C=O) groups excluding carboxylic acids is 2. The molecule has 1 aliphatic rings. The average Bonchev–Trinajstić information content (AvgIpc) is 2.70. The first kappa shape index (κ1) is 27.1. The minimum absolute atomic E-state index is 0.0384. The second-order valence-electron chi connectivity index (χ2n) is 9.59. The maximum absolute atomic E-state index is 13.6. The minimum Gasteiger partial charge on any atom is -0.478 e. The van der Waals surface area contributed by atoms with Gasteiger partial charge in [-0.25, -0.2) is 4.79 Å². The molecule has 0 aromatic rings. The lowest BCUT2D eigenvalue weighted by molar-refractivity contribution is -0.141. The summed E-state index contributed by atoms with van der Waals surface area (Å²) >= 11 is 0. The van der Waals surface area contributed by atoms with Gasteiger partial charge in [-0.3, -0.25) is 14.5 Å². The lowest BCUT2D eigenvalue weighted by atomic mass is 9.95. The predicted octanol–water partition coefficient (Wildman–Crippen LogP) is 3.29. The molecule has 0 aromatic carbocycles. The smallest absolute Gasteiger partial charge is 0.331 e. The van der Waals surface area contributed by atoms with Crippen molar-refractivity contribution in [1.29, 1.82) is 0 Å². The molecular weight excluding hydrogens is 394 g/mol.